The number of nitrogens with one attached hydrogen (secondary N) is 2. The van der Waals surface area contributed by atoms with Crippen LogP contribution in [-0.2, 0) is 19.1 Å². The van der Waals surface area contributed by atoms with E-state index in [1.165, 1.54) is 38.0 Å². The molecule has 0 saturated heterocycles. The van der Waals surface area contributed by atoms with Crippen molar-refractivity contribution in [3.63, 3.8) is 0 Å². The number of carboxylic acids is 1. The van der Waals surface area contributed by atoms with Crippen molar-refractivity contribution in [2.75, 3.05) is 29.9 Å². The molecule has 5 aromatic rings. The summed E-state index contributed by atoms with van der Waals surface area (Å²) in [5, 5.41) is 61.2. The number of allylic oxidation sites excluding steroid dienone is 4. The number of ketones is 1. The van der Waals surface area contributed by atoms with Gasteiger partial charge in [-0.2, -0.15) is 5.10 Å². The minimum absolute atomic E-state index is 0.0157. The lowest BCUT2D eigenvalue weighted by Crippen LogP contribution is -2.32. The number of esters is 1. The number of Topliss-reactive ketones (excluding diaryl/α,β-unsaturated/α-hetero) is 1. The molecule has 0 radical (unpaired) electrons. The average Bonchev–Trinajstić information content (AvgIpc) is 3.68. The number of rotatable bonds is 22. The summed E-state index contributed by atoms with van der Waals surface area (Å²) < 4.78 is 62.2. The largest absolute Gasteiger partial charge is 0.507 e. The van der Waals surface area contributed by atoms with E-state index >= 15 is 8.78 Å². The van der Waals surface area contributed by atoms with E-state index in [0.29, 0.717) is 25.3 Å². The van der Waals surface area contributed by atoms with Gasteiger partial charge in [-0.05, 0) is 77.2 Å². The molecule has 398 valence electrons. The molecule has 2 aromatic heterocycles. The fraction of sp³-hybridized carbons (Fsp3) is 0.340. The molecule has 1 amide bonds. The Labute approximate surface area is 427 Å². The van der Waals surface area contributed by atoms with Gasteiger partial charge in [0.25, 0.3) is 5.91 Å². The number of halogens is 3. The van der Waals surface area contributed by atoms with Crippen molar-refractivity contribution in [3.05, 3.63) is 117 Å². The first-order chi connectivity index (χ1) is 35.6. The molecule has 6 rings (SSSR count). The maximum atomic E-state index is 15.9. The van der Waals surface area contributed by atoms with Crippen molar-refractivity contribution in [1.82, 2.24) is 15.0 Å². The highest BCUT2D eigenvalue weighted by Gasteiger charge is 2.41. The third-order valence-corrected chi connectivity index (χ3v) is 12.2. The van der Waals surface area contributed by atoms with Crippen LogP contribution in [0.5, 0.6) is 23.0 Å². The number of aromatic carboxylic acids is 1. The predicted octanol–water partition coefficient (Wildman–Crippen LogP) is 7.93. The monoisotopic (exact) mass is 1040 g/mol. The molecule has 0 saturated carbocycles. The van der Waals surface area contributed by atoms with Crippen molar-refractivity contribution >= 4 is 63.2 Å². The molecular formula is C53H57F3N6O13. The summed E-state index contributed by atoms with van der Waals surface area (Å²) >= 11 is 0. The standard InChI is InChI=1S/C53H57F3N6O13/c1-8-10-20-73-53-47(69)41-39-40(43(65)29(6)48(41)75-53)46(68)42(59-51(70)27(4)13-11-12-26(3)14-16-32(64)21-28(5)74-30(7)63)34(45(39)67)24-58-57-18-19-61(9-2)50-37(56)23-33-44(66)35(52(71)72)25-62(49(33)60-50)38-17-15-31(54)22-36(38)55/h10-13,15,17,20,22-26,28,32,53,57,64-65,67-68H,8-9,14,16,18-19,21H2,1-7H3,(H,59,70)(H,71,72)/b12-11+,20-10+,27-13-,58-24+. The third-order valence-electron chi connectivity index (χ3n) is 12.2. The van der Waals surface area contributed by atoms with Gasteiger partial charge in [0.1, 0.15) is 40.6 Å². The lowest BCUT2D eigenvalue weighted by atomic mass is 9.92. The van der Waals surface area contributed by atoms with Crippen LogP contribution in [0.15, 0.2) is 76.5 Å². The number of carboxylic acid groups (broad SMARTS) is 1. The number of pyridine rings is 2. The summed E-state index contributed by atoms with van der Waals surface area (Å²) in [5.74, 6) is -9.31. The topological polar surface area (TPSA) is 272 Å². The summed E-state index contributed by atoms with van der Waals surface area (Å²) in [6.07, 6.45) is 8.82. The fourth-order valence-electron chi connectivity index (χ4n) is 8.32. The molecule has 1 aliphatic rings. The smallest absolute Gasteiger partial charge is 0.341 e. The van der Waals surface area contributed by atoms with Crippen LogP contribution in [0.2, 0.25) is 0 Å². The average molecular weight is 1040 g/mol. The van der Waals surface area contributed by atoms with E-state index in [0.717, 1.165) is 35.2 Å². The molecule has 1 aliphatic heterocycles. The highest BCUT2D eigenvalue weighted by Crippen LogP contribution is 2.53. The Hall–Kier alpha value is -8.40. The third kappa shape index (κ3) is 12.3. The molecule has 7 N–H and O–H groups in total. The quantitative estimate of drug-likeness (QED) is 0.00399. The number of anilines is 2. The Morgan fingerprint density at radius 1 is 1.01 bits per heavy atom. The Balaban J connectivity index is 1.31. The van der Waals surface area contributed by atoms with E-state index < -0.39 is 104 Å². The summed E-state index contributed by atoms with van der Waals surface area (Å²) in [4.78, 5) is 69.8. The van der Waals surface area contributed by atoms with E-state index in [1.54, 1.807) is 26.0 Å². The molecule has 0 aliphatic carbocycles. The van der Waals surface area contributed by atoms with Crippen LogP contribution in [0.1, 0.15) is 99.1 Å². The molecule has 4 unspecified atom stereocenters. The molecule has 75 heavy (non-hydrogen) atoms. The van der Waals surface area contributed by atoms with E-state index in [2.05, 4.69) is 20.8 Å². The zero-order valence-corrected chi connectivity index (χ0v) is 42.0. The molecule has 22 heteroatoms. The normalized spacial score (nSPS) is 14.9. The molecule has 0 fully saturated rings. The number of phenols is 3. The number of hydrogen-bond acceptors (Lipinski definition) is 16. The number of ether oxygens (including phenoxy) is 3. The zero-order valence-electron chi connectivity index (χ0n) is 42.0. The van der Waals surface area contributed by atoms with E-state index in [-0.39, 0.29) is 82.5 Å². The van der Waals surface area contributed by atoms with Crippen LogP contribution >= 0.6 is 0 Å². The summed E-state index contributed by atoms with van der Waals surface area (Å²) in [5.41, 5.74) is -0.756. The highest BCUT2D eigenvalue weighted by molar-refractivity contribution is 6.23. The van der Waals surface area contributed by atoms with Crippen LogP contribution in [0, 0.1) is 30.3 Å². The minimum Gasteiger partial charge on any atom is -0.507 e. The van der Waals surface area contributed by atoms with Crippen LogP contribution in [0.3, 0.4) is 0 Å². The number of hydrogen-bond donors (Lipinski definition) is 7. The van der Waals surface area contributed by atoms with E-state index in [1.807, 2.05) is 19.9 Å². The molecular weight excluding hydrogens is 986 g/mol. The number of carbonyl (C=O) groups excluding carboxylic acids is 3. The van der Waals surface area contributed by atoms with Gasteiger partial charge in [-0.15, -0.1) is 0 Å². The summed E-state index contributed by atoms with van der Waals surface area (Å²) in [7, 11) is 0. The number of phenolic OH excluding ortho intramolecular Hbond substituents is 3. The van der Waals surface area contributed by atoms with Crippen LogP contribution in [0.25, 0.3) is 27.5 Å². The molecule has 0 spiro atoms. The first-order valence-electron chi connectivity index (χ1n) is 23.8. The van der Waals surface area contributed by atoms with Crippen LogP contribution in [-0.4, -0.2) is 103 Å². The molecule has 3 aromatic carbocycles. The summed E-state index contributed by atoms with van der Waals surface area (Å²) in [6.45, 7) is 11.2. The maximum absolute atomic E-state index is 15.9. The Morgan fingerprint density at radius 2 is 1.75 bits per heavy atom. The Bertz CT molecular complexity index is 3250. The maximum Gasteiger partial charge on any atom is 0.341 e. The first kappa shape index (κ1) is 55.9. The van der Waals surface area contributed by atoms with Gasteiger partial charge in [0.2, 0.25) is 11.2 Å². The number of amides is 1. The second-order valence-corrected chi connectivity index (χ2v) is 17.8. The van der Waals surface area contributed by atoms with Crippen LogP contribution < -0.4 is 25.8 Å². The van der Waals surface area contributed by atoms with E-state index in [9.17, 15) is 53.9 Å². The number of hydrazone groups is 1. The van der Waals surface area contributed by atoms with Crippen molar-refractivity contribution in [1.29, 1.82) is 0 Å². The van der Waals surface area contributed by atoms with Crippen LogP contribution in [0.4, 0.5) is 24.7 Å². The SMILES string of the molecule is CC/C=C/OC1Oc2c(C)c(O)c3c(O)c(NC(=O)/C(C)=C\C=C\C(C)CCC(O)CC(C)OC(C)=O)c(/C=N/NCCN(CC)c4nc5c(cc4F)c(=O)c(C(=O)O)cn5-c4ccc(F)cc4F)c(O)c3c2C1=O. The second kappa shape index (κ2) is 24.1. The molecule has 4 atom stereocenters. The number of aliphatic hydroxyl groups excluding tert-OH is 1. The van der Waals surface area contributed by atoms with Crippen molar-refractivity contribution in [2.24, 2.45) is 11.0 Å². The van der Waals surface area contributed by atoms with Gasteiger partial charge >= 0.3 is 18.2 Å². The Morgan fingerprint density at radius 3 is 2.41 bits per heavy atom. The van der Waals surface area contributed by atoms with Gasteiger partial charge < -0.3 is 55.4 Å². The lowest BCUT2D eigenvalue weighted by molar-refractivity contribution is -0.146. The van der Waals surface area contributed by atoms with Gasteiger partial charge in [0.05, 0.1) is 58.4 Å². The predicted molar refractivity (Wildman–Crippen MR) is 272 cm³/mol. The number of nitrogens with zero attached hydrogens (tertiary/aromatic N) is 4. The Kier molecular flexibility index (Phi) is 18.0. The highest BCUT2D eigenvalue weighted by atomic mass is 19.1. The van der Waals surface area contributed by atoms with Crippen molar-refractivity contribution in [2.45, 2.75) is 92.6 Å². The van der Waals surface area contributed by atoms with Gasteiger partial charge in [0.15, 0.2) is 23.0 Å². The minimum atomic E-state index is -1.68. The number of aromatic nitrogens is 2. The zero-order chi connectivity index (χ0) is 55.0. The number of aliphatic hydroxyl groups is 1. The number of aromatic hydroxyl groups is 3. The second-order valence-electron chi connectivity index (χ2n) is 17.8. The molecule has 0 bridgehead atoms. The fourth-order valence-corrected chi connectivity index (χ4v) is 8.32. The molecule has 19 nitrogen and oxygen atoms in total. The first-order valence-corrected chi connectivity index (χ1v) is 23.8. The van der Waals surface area contributed by atoms with Crippen molar-refractivity contribution in [3.8, 4) is 28.7 Å². The summed E-state index contributed by atoms with van der Waals surface area (Å²) in [6, 6.07) is 3.23. The number of carbonyl (C=O) groups is 4. The van der Waals surface area contributed by atoms with Crippen molar-refractivity contribution < 1.29 is 72.1 Å². The lowest BCUT2D eigenvalue weighted by Gasteiger charge is -2.23. The number of fused-ring (bicyclic) bond motifs is 4. The number of benzene rings is 3. The van der Waals surface area contributed by atoms with Gasteiger partial charge in [-0.25, -0.2) is 22.9 Å². The number of likely N-dealkylation sites (N-methyl/N-ethyl adjacent to an activating group) is 1. The van der Waals surface area contributed by atoms with Gasteiger partial charge in [-0.1, -0.05) is 32.1 Å². The van der Waals surface area contributed by atoms with Gasteiger partial charge in [-0.3, -0.25) is 23.7 Å². The van der Waals surface area contributed by atoms with Gasteiger partial charge in [0, 0.05) is 55.2 Å². The van der Waals surface area contributed by atoms with E-state index in [4.69, 9.17) is 14.2 Å². The molecule has 3 heterocycles.